The first kappa shape index (κ1) is 57.1. The van der Waals surface area contributed by atoms with Crippen molar-refractivity contribution in [1.29, 1.82) is 0 Å². The van der Waals surface area contributed by atoms with E-state index in [-0.39, 0.29) is 59.8 Å². The molecule has 2 fully saturated rings. The average molecular weight is 1010 g/mol. The van der Waals surface area contributed by atoms with Gasteiger partial charge in [-0.2, -0.15) is 0 Å². The van der Waals surface area contributed by atoms with Crippen molar-refractivity contribution in [3.05, 3.63) is 109 Å². The molecule has 0 N–H and O–H groups in total. The number of carbonyl (C=O) groups is 7. The molecule has 15 nitrogen and oxygen atoms in total. The van der Waals surface area contributed by atoms with E-state index in [9.17, 15) is 33.6 Å². The number of esters is 6. The van der Waals surface area contributed by atoms with Crippen LogP contribution >= 0.6 is 0 Å². The summed E-state index contributed by atoms with van der Waals surface area (Å²) in [5.74, 6) is -1.76. The van der Waals surface area contributed by atoms with Crippen molar-refractivity contribution in [2.24, 2.45) is 11.8 Å². The minimum atomic E-state index is -0.479. The molecule has 73 heavy (non-hydrogen) atoms. The minimum Gasteiger partial charge on any atom is -0.494 e. The quantitative estimate of drug-likeness (QED) is 0.0147. The standard InChI is InChI=1S/C58H72O15/c1-4-53(60)68-38-12-8-6-10-36-66-46-24-14-42(15-25-46)18-34-55(62)70-48-28-20-44(21-29-48)57(64)72-50-32-33-52(51(40-50)41(3)59)73-58(65)45-22-30-49(31-23-45)71-56(63)35-19-43-16-26-47(27-17-43)67-37-11-7-9-13-39-69-54(61)5-2/h4-5,14-17,24-27,32-33,40,44-45,48-49H,1-2,6-13,18-23,28-31,34-39H2,3H3. The Bertz CT molecular complexity index is 2270. The molecule has 0 radical (unpaired) electrons. The van der Waals surface area contributed by atoms with Gasteiger partial charge in [-0.25, -0.2) is 9.59 Å². The van der Waals surface area contributed by atoms with Crippen LogP contribution in [0.5, 0.6) is 23.0 Å². The van der Waals surface area contributed by atoms with E-state index in [1.165, 1.54) is 25.1 Å². The molecular weight excluding hydrogens is 937 g/mol. The van der Waals surface area contributed by atoms with Gasteiger partial charge in [0.15, 0.2) is 5.78 Å². The Morgan fingerprint density at radius 3 is 1.30 bits per heavy atom. The Kier molecular flexibility index (Phi) is 24.8. The first-order valence-corrected chi connectivity index (χ1v) is 25.9. The third kappa shape index (κ3) is 21.5. The van der Waals surface area contributed by atoms with Gasteiger partial charge in [0.1, 0.15) is 35.2 Å². The summed E-state index contributed by atoms with van der Waals surface area (Å²) in [5.41, 5.74) is 2.09. The van der Waals surface area contributed by atoms with Gasteiger partial charge in [-0.15, -0.1) is 0 Å². The van der Waals surface area contributed by atoms with E-state index in [0.717, 1.165) is 86.1 Å². The Hall–Kier alpha value is -6.77. The Balaban J connectivity index is 0.924. The topological polar surface area (TPSA) is 193 Å². The lowest BCUT2D eigenvalue weighted by Gasteiger charge is -2.27. The predicted molar refractivity (Wildman–Crippen MR) is 271 cm³/mol. The highest BCUT2D eigenvalue weighted by atomic mass is 16.6. The van der Waals surface area contributed by atoms with Crippen molar-refractivity contribution >= 4 is 41.6 Å². The second kappa shape index (κ2) is 31.6. The number of aryl methyl sites for hydroxylation is 2. The summed E-state index contributed by atoms with van der Waals surface area (Å²) in [6.07, 6.45) is 14.4. The zero-order chi connectivity index (χ0) is 52.2. The van der Waals surface area contributed by atoms with Crippen LogP contribution in [-0.4, -0.2) is 80.2 Å². The van der Waals surface area contributed by atoms with Crippen LogP contribution < -0.4 is 18.9 Å². The van der Waals surface area contributed by atoms with E-state index in [0.29, 0.717) is 90.6 Å². The van der Waals surface area contributed by atoms with Crippen LogP contribution in [0.3, 0.4) is 0 Å². The molecule has 5 rings (SSSR count). The van der Waals surface area contributed by atoms with E-state index in [1.54, 1.807) is 0 Å². The van der Waals surface area contributed by atoms with E-state index in [4.69, 9.17) is 37.9 Å². The predicted octanol–water partition coefficient (Wildman–Crippen LogP) is 10.5. The lowest BCUT2D eigenvalue weighted by atomic mass is 9.87. The molecule has 0 heterocycles. The SMILES string of the molecule is C=CC(=O)OCCCCCCOc1ccc(CCC(=O)OC2CCC(C(=O)Oc3ccc(OC(=O)C4CCC(OC(=O)CCc5ccc(OCCCCCCOC(=O)C=C)cc5)CC4)c(C(C)=O)c3)CC2)cc1. The average Bonchev–Trinajstić information content (AvgIpc) is 3.40. The summed E-state index contributed by atoms with van der Waals surface area (Å²) >= 11 is 0. The largest absolute Gasteiger partial charge is 0.494 e. The van der Waals surface area contributed by atoms with Gasteiger partial charge in [0.2, 0.25) is 0 Å². The molecule has 2 saturated carbocycles. The number of ketones is 1. The van der Waals surface area contributed by atoms with Crippen molar-refractivity contribution in [2.75, 3.05) is 26.4 Å². The fourth-order valence-electron chi connectivity index (χ4n) is 8.61. The number of Topliss-reactive ketones (excluding diaryl/α,β-unsaturated/α-hetero) is 1. The number of ether oxygens (including phenoxy) is 8. The highest BCUT2D eigenvalue weighted by molar-refractivity contribution is 5.98. The first-order chi connectivity index (χ1) is 35.4. The van der Waals surface area contributed by atoms with Crippen LogP contribution in [0.4, 0.5) is 0 Å². The highest BCUT2D eigenvalue weighted by Crippen LogP contribution is 2.33. The highest BCUT2D eigenvalue weighted by Gasteiger charge is 2.32. The van der Waals surface area contributed by atoms with Gasteiger partial charge in [-0.05, 0) is 176 Å². The fraction of sp³-hybridized carbons (Fsp3) is 0.500. The van der Waals surface area contributed by atoms with Crippen LogP contribution in [0.1, 0.15) is 144 Å². The second-order valence-electron chi connectivity index (χ2n) is 18.5. The summed E-state index contributed by atoms with van der Waals surface area (Å²) in [6.45, 7) is 10.1. The minimum absolute atomic E-state index is 0.0813. The van der Waals surface area contributed by atoms with Gasteiger partial charge in [0.05, 0.1) is 43.8 Å². The van der Waals surface area contributed by atoms with Crippen molar-refractivity contribution in [3.8, 4) is 23.0 Å². The molecule has 0 unspecified atom stereocenters. The van der Waals surface area contributed by atoms with Crippen molar-refractivity contribution in [3.63, 3.8) is 0 Å². The Labute approximate surface area is 429 Å². The lowest BCUT2D eigenvalue weighted by molar-refractivity contribution is -0.153. The van der Waals surface area contributed by atoms with Gasteiger partial charge in [-0.3, -0.25) is 24.0 Å². The smallest absolute Gasteiger partial charge is 0.330 e. The molecular formula is C58H72O15. The molecule has 2 aliphatic rings. The lowest BCUT2D eigenvalue weighted by Crippen LogP contribution is -2.30. The van der Waals surface area contributed by atoms with Crippen LogP contribution in [0, 0.1) is 11.8 Å². The van der Waals surface area contributed by atoms with E-state index in [1.807, 2.05) is 48.5 Å². The number of carbonyl (C=O) groups excluding carboxylic acids is 7. The molecule has 394 valence electrons. The normalized spacial score (nSPS) is 17.2. The maximum atomic E-state index is 13.3. The van der Waals surface area contributed by atoms with Crippen molar-refractivity contribution in [1.82, 2.24) is 0 Å². The molecule has 3 aromatic carbocycles. The second-order valence-corrected chi connectivity index (χ2v) is 18.5. The number of unbranched alkanes of at least 4 members (excludes halogenated alkanes) is 6. The van der Waals surface area contributed by atoms with Crippen LogP contribution in [0.2, 0.25) is 0 Å². The van der Waals surface area contributed by atoms with Crippen LogP contribution in [-0.2, 0) is 60.6 Å². The molecule has 0 amide bonds. The summed E-state index contributed by atoms with van der Waals surface area (Å²) in [5, 5.41) is 0. The molecule has 0 saturated heterocycles. The summed E-state index contributed by atoms with van der Waals surface area (Å²) in [6, 6.07) is 19.7. The van der Waals surface area contributed by atoms with Crippen molar-refractivity contribution < 1.29 is 71.5 Å². The molecule has 2 aliphatic carbocycles. The molecule has 0 spiro atoms. The third-order valence-corrected chi connectivity index (χ3v) is 12.9. The van der Waals surface area contributed by atoms with Gasteiger partial charge in [0, 0.05) is 25.0 Å². The first-order valence-electron chi connectivity index (χ1n) is 25.9. The van der Waals surface area contributed by atoms with Gasteiger partial charge in [0.25, 0.3) is 0 Å². The Morgan fingerprint density at radius 2 is 0.890 bits per heavy atom. The number of hydrogen-bond acceptors (Lipinski definition) is 15. The monoisotopic (exact) mass is 1010 g/mol. The molecule has 0 bridgehead atoms. The third-order valence-electron chi connectivity index (χ3n) is 12.9. The van der Waals surface area contributed by atoms with Crippen molar-refractivity contribution in [2.45, 2.75) is 148 Å². The zero-order valence-corrected chi connectivity index (χ0v) is 42.3. The van der Waals surface area contributed by atoms with E-state index in [2.05, 4.69) is 13.2 Å². The molecule has 3 aromatic rings. The number of rotatable bonds is 31. The molecule has 0 atom stereocenters. The molecule has 0 aromatic heterocycles. The summed E-state index contributed by atoms with van der Waals surface area (Å²) in [4.78, 5) is 86.7. The summed E-state index contributed by atoms with van der Waals surface area (Å²) < 4.78 is 44.5. The number of hydrogen-bond donors (Lipinski definition) is 0. The van der Waals surface area contributed by atoms with Gasteiger partial charge < -0.3 is 37.9 Å². The van der Waals surface area contributed by atoms with E-state index < -0.39 is 35.7 Å². The van der Waals surface area contributed by atoms with E-state index >= 15 is 0 Å². The maximum Gasteiger partial charge on any atom is 0.330 e. The van der Waals surface area contributed by atoms with Crippen LogP contribution in [0.15, 0.2) is 92.0 Å². The maximum absolute atomic E-state index is 13.3. The Morgan fingerprint density at radius 1 is 0.493 bits per heavy atom. The van der Waals surface area contributed by atoms with Crippen LogP contribution in [0.25, 0.3) is 0 Å². The molecule has 15 heteroatoms. The fourth-order valence-corrected chi connectivity index (χ4v) is 8.61. The summed E-state index contributed by atoms with van der Waals surface area (Å²) in [7, 11) is 0. The van der Waals surface area contributed by atoms with Gasteiger partial charge >= 0.3 is 35.8 Å². The van der Waals surface area contributed by atoms with Gasteiger partial charge in [-0.1, -0.05) is 37.4 Å². The molecule has 0 aliphatic heterocycles. The zero-order valence-electron chi connectivity index (χ0n) is 42.3. The number of benzene rings is 3.